The van der Waals surface area contributed by atoms with Gasteiger partial charge >= 0.3 is 0 Å². The van der Waals surface area contributed by atoms with Crippen molar-refractivity contribution in [1.29, 1.82) is 0 Å². The molecule has 2 aromatic carbocycles. The minimum atomic E-state index is -0.215. The maximum absolute atomic E-state index is 12.1. The normalized spacial score (nSPS) is 10.0. The maximum Gasteiger partial charge on any atom is 0.255 e. The molecule has 0 atom stereocenters. The van der Waals surface area contributed by atoms with Crippen molar-refractivity contribution in [3.8, 4) is 5.75 Å². The Bertz CT molecular complexity index is 597. The molecule has 0 aliphatic carbocycles. The van der Waals surface area contributed by atoms with Crippen LogP contribution in [-0.4, -0.2) is 13.0 Å². The molecule has 0 saturated carbocycles. The number of methoxy groups -OCH3 is 1. The van der Waals surface area contributed by atoms with Crippen molar-refractivity contribution in [2.45, 2.75) is 0 Å². The summed E-state index contributed by atoms with van der Waals surface area (Å²) in [6, 6.07) is 12.3. The van der Waals surface area contributed by atoms with E-state index in [0.29, 0.717) is 22.7 Å². The second-order valence-electron chi connectivity index (χ2n) is 3.88. The average Bonchev–Trinajstić information content (AvgIpc) is 2.42. The minimum absolute atomic E-state index is 0.215. The summed E-state index contributed by atoms with van der Waals surface area (Å²) in [5, 5.41) is 2.76. The number of benzene rings is 2. The molecule has 0 fully saturated rings. The fourth-order valence-corrected chi connectivity index (χ4v) is 1.89. The van der Waals surface area contributed by atoms with Crippen molar-refractivity contribution < 1.29 is 9.53 Å². The van der Waals surface area contributed by atoms with Crippen molar-refractivity contribution in [3.63, 3.8) is 0 Å². The average molecular weight is 321 g/mol. The zero-order chi connectivity index (χ0) is 13.8. The van der Waals surface area contributed by atoms with Gasteiger partial charge in [-0.1, -0.05) is 22.0 Å². The Morgan fingerprint density at radius 1 is 1.21 bits per heavy atom. The molecule has 0 radical (unpaired) electrons. The first-order valence-corrected chi connectivity index (χ1v) is 6.40. The number of nitrogen functional groups attached to an aromatic ring is 1. The molecule has 0 heterocycles. The Hall–Kier alpha value is -2.01. The van der Waals surface area contributed by atoms with Gasteiger partial charge in [-0.3, -0.25) is 4.79 Å². The van der Waals surface area contributed by atoms with Gasteiger partial charge in [0.2, 0.25) is 0 Å². The van der Waals surface area contributed by atoms with Crippen LogP contribution < -0.4 is 15.8 Å². The van der Waals surface area contributed by atoms with Crippen molar-refractivity contribution in [3.05, 3.63) is 52.5 Å². The molecule has 0 aliphatic heterocycles. The third-order valence-electron chi connectivity index (χ3n) is 2.64. The SMILES string of the molecule is COc1cccc(NC(=O)c2ccc(Br)cc2)c1N. The number of halogens is 1. The summed E-state index contributed by atoms with van der Waals surface area (Å²) in [6.07, 6.45) is 0. The lowest BCUT2D eigenvalue weighted by atomic mass is 10.2. The van der Waals surface area contributed by atoms with Gasteiger partial charge in [-0.05, 0) is 36.4 Å². The molecule has 4 nitrogen and oxygen atoms in total. The maximum atomic E-state index is 12.1. The molecule has 1 amide bonds. The molecule has 0 saturated heterocycles. The lowest BCUT2D eigenvalue weighted by Crippen LogP contribution is -2.13. The monoisotopic (exact) mass is 320 g/mol. The van der Waals surface area contributed by atoms with Crippen molar-refractivity contribution in [1.82, 2.24) is 0 Å². The first-order chi connectivity index (χ1) is 9.11. The molecule has 2 aromatic rings. The van der Waals surface area contributed by atoms with Crippen molar-refractivity contribution >= 4 is 33.2 Å². The van der Waals surface area contributed by atoms with Crippen LogP contribution >= 0.6 is 15.9 Å². The molecule has 0 aliphatic rings. The van der Waals surface area contributed by atoms with Crippen LogP contribution in [0.4, 0.5) is 11.4 Å². The number of ether oxygens (including phenoxy) is 1. The number of anilines is 2. The number of hydrogen-bond donors (Lipinski definition) is 2. The summed E-state index contributed by atoms with van der Waals surface area (Å²) in [6.45, 7) is 0. The van der Waals surface area contributed by atoms with Crippen LogP contribution in [0.1, 0.15) is 10.4 Å². The second kappa shape index (κ2) is 5.75. The van der Waals surface area contributed by atoms with Crippen LogP contribution in [0.25, 0.3) is 0 Å². The smallest absolute Gasteiger partial charge is 0.255 e. The molecule has 0 aromatic heterocycles. The molecule has 3 N–H and O–H groups in total. The van der Waals surface area contributed by atoms with Crippen LogP contribution in [0.3, 0.4) is 0 Å². The van der Waals surface area contributed by atoms with Crippen LogP contribution in [0.15, 0.2) is 46.9 Å². The summed E-state index contributed by atoms with van der Waals surface area (Å²) >= 11 is 3.32. The molecule has 0 unspecified atom stereocenters. The van der Waals surface area contributed by atoms with Crippen LogP contribution in [-0.2, 0) is 0 Å². The van der Waals surface area contributed by atoms with Gasteiger partial charge in [0.15, 0.2) is 0 Å². The van der Waals surface area contributed by atoms with E-state index in [1.54, 1.807) is 30.3 Å². The largest absolute Gasteiger partial charge is 0.495 e. The van der Waals surface area contributed by atoms with Gasteiger partial charge in [0.25, 0.3) is 5.91 Å². The van der Waals surface area contributed by atoms with E-state index in [1.807, 2.05) is 12.1 Å². The Labute approximate surface area is 119 Å². The highest BCUT2D eigenvalue weighted by Gasteiger charge is 2.10. The van der Waals surface area contributed by atoms with Crippen LogP contribution in [0, 0.1) is 0 Å². The van der Waals surface area contributed by atoms with Gasteiger partial charge in [-0.2, -0.15) is 0 Å². The van der Waals surface area contributed by atoms with E-state index in [1.165, 1.54) is 7.11 Å². The highest BCUT2D eigenvalue weighted by atomic mass is 79.9. The summed E-state index contributed by atoms with van der Waals surface area (Å²) in [4.78, 5) is 12.1. The number of para-hydroxylation sites is 1. The first kappa shape index (κ1) is 13.4. The standard InChI is InChI=1S/C14H13BrN2O2/c1-19-12-4-2-3-11(13(12)16)17-14(18)9-5-7-10(15)8-6-9/h2-8H,16H2,1H3,(H,17,18). The van der Waals surface area contributed by atoms with E-state index in [-0.39, 0.29) is 5.91 Å². The number of nitrogens with two attached hydrogens (primary N) is 1. The molecule has 98 valence electrons. The van der Waals surface area contributed by atoms with E-state index in [9.17, 15) is 4.79 Å². The fourth-order valence-electron chi connectivity index (χ4n) is 1.63. The topological polar surface area (TPSA) is 64.3 Å². The second-order valence-corrected chi connectivity index (χ2v) is 4.80. The van der Waals surface area contributed by atoms with Gasteiger partial charge in [0.05, 0.1) is 18.5 Å². The molecule has 0 spiro atoms. The van der Waals surface area contributed by atoms with Gasteiger partial charge in [-0.25, -0.2) is 0 Å². The Morgan fingerprint density at radius 3 is 2.53 bits per heavy atom. The number of nitrogens with one attached hydrogen (secondary N) is 1. The van der Waals surface area contributed by atoms with Crippen LogP contribution in [0.5, 0.6) is 5.75 Å². The van der Waals surface area contributed by atoms with E-state index >= 15 is 0 Å². The number of carbonyl (C=O) groups is 1. The predicted molar refractivity (Wildman–Crippen MR) is 79.5 cm³/mol. The molecule has 2 rings (SSSR count). The molecule has 19 heavy (non-hydrogen) atoms. The van der Waals surface area contributed by atoms with Gasteiger partial charge in [0.1, 0.15) is 5.75 Å². The van der Waals surface area contributed by atoms with Gasteiger partial charge in [-0.15, -0.1) is 0 Å². The molecular formula is C14H13BrN2O2. The van der Waals surface area contributed by atoms with Gasteiger partial charge < -0.3 is 15.8 Å². The Morgan fingerprint density at radius 2 is 1.89 bits per heavy atom. The van der Waals surface area contributed by atoms with E-state index < -0.39 is 0 Å². The molecule has 0 bridgehead atoms. The van der Waals surface area contributed by atoms with Crippen LogP contribution in [0.2, 0.25) is 0 Å². The minimum Gasteiger partial charge on any atom is -0.495 e. The summed E-state index contributed by atoms with van der Waals surface area (Å²) in [7, 11) is 1.53. The number of carbonyl (C=O) groups excluding carboxylic acids is 1. The fraction of sp³-hybridized carbons (Fsp3) is 0.0714. The van der Waals surface area contributed by atoms with E-state index in [2.05, 4.69) is 21.2 Å². The predicted octanol–water partition coefficient (Wildman–Crippen LogP) is 3.29. The lowest BCUT2D eigenvalue weighted by Gasteiger charge is -2.11. The van der Waals surface area contributed by atoms with E-state index in [4.69, 9.17) is 10.5 Å². The zero-order valence-electron chi connectivity index (χ0n) is 10.3. The highest BCUT2D eigenvalue weighted by molar-refractivity contribution is 9.10. The van der Waals surface area contributed by atoms with Crippen molar-refractivity contribution in [2.24, 2.45) is 0 Å². The van der Waals surface area contributed by atoms with E-state index in [0.717, 1.165) is 4.47 Å². The van der Waals surface area contributed by atoms with Crippen molar-refractivity contribution in [2.75, 3.05) is 18.2 Å². The first-order valence-electron chi connectivity index (χ1n) is 5.61. The number of hydrogen-bond acceptors (Lipinski definition) is 3. The number of amides is 1. The Balaban J connectivity index is 2.21. The molecular weight excluding hydrogens is 308 g/mol. The Kier molecular flexibility index (Phi) is 4.06. The van der Waals surface area contributed by atoms with Gasteiger partial charge in [0, 0.05) is 10.0 Å². The summed E-state index contributed by atoms with van der Waals surface area (Å²) in [5.41, 5.74) is 7.40. The molecule has 5 heteroatoms. The lowest BCUT2D eigenvalue weighted by molar-refractivity contribution is 0.102. The summed E-state index contributed by atoms with van der Waals surface area (Å²) < 4.78 is 6.03. The quantitative estimate of drug-likeness (QED) is 0.853. The highest BCUT2D eigenvalue weighted by Crippen LogP contribution is 2.29. The zero-order valence-corrected chi connectivity index (χ0v) is 11.9. The third kappa shape index (κ3) is 3.06. The third-order valence-corrected chi connectivity index (χ3v) is 3.17. The number of rotatable bonds is 3. The summed E-state index contributed by atoms with van der Waals surface area (Å²) in [5.74, 6) is 0.320.